The lowest BCUT2D eigenvalue weighted by molar-refractivity contribution is -0.120. The summed E-state index contributed by atoms with van der Waals surface area (Å²) in [5, 5.41) is 0. The van der Waals surface area contributed by atoms with E-state index in [1.165, 1.54) is 6.42 Å². The highest BCUT2D eigenvalue weighted by Gasteiger charge is 2.18. The van der Waals surface area contributed by atoms with Crippen molar-refractivity contribution < 1.29 is 9.53 Å². The highest BCUT2D eigenvalue weighted by molar-refractivity contribution is 5.83. The summed E-state index contributed by atoms with van der Waals surface area (Å²) in [6.07, 6.45) is 6.09. The van der Waals surface area contributed by atoms with E-state index in [1.807, 2.05) is 0 Å². The molecule has 2 N–H and O–H groups in total. The lowest BCUT2D eigenvalue weighted by Crippen LogP contribution is -2.31. The van der Waals surface area contributed by atoms with Gasteiger partial charge in [0.05, 0.1) is 12.1 Å². The van der Waals surface area contributed by atoms with Crippen molar-refractivity contribution in [2.75, 3.05) is 6.61 Å². The minimum absolute atomic E-state index is 0.215. The Hall–Kier alpha value is -0.410. The third-order valence-corrected chi connectivity index (χ3v) is 3.11. The number of ketones is 1. The maximum absolute atomic E-state index is 11.7. The van der Waals surface area contributed by atoms with Gasteiger partial charge in [0.1, 0.15) is 5.78 Å². The number of nitrogens with two attached hydrogens (primary N) is 1. The minimum atomic E-state index is -0.260. The third-order valence-electron chi connectivity index (χ3n) is 3.11. The van der Waals surface area contributed by atoms with Gasteiger partial charge in [-0.05, 0) is 38.0 Å². The van der Waals surface area contributed by atoms with Crippen LogP contribution < -0.4 is 5.73 Å². The Balaban J connectivity index is 2.09. The molecule has 0 bridgehead atoms. The molecule has 0 saturated carbocycles. The predicted octanol–water partition coefficient (Wildman–Crippen LogP) is 2.28. The van der Waals surface area contributed by atoms with E-state index >= 15 is 0 Å². The van der Waals surface area contributed by atoms with Crippen LogP contribution in [0, 0.1) is 5.92 Å². The van der Waals surface area contributed by atoms with Gasteiger partial charge >= 0.3 is 0 Å². The Labute approximate surface area is 98.7 Å². The van der Waals surface area contributed by atoms with E-state index in [-0.39, 0.29) is 11.8 Å². The first kappa shape index (κ1) is 13.7. The normalized spacial score (nSPS) is 22.6. The highest BCUT2D eigenvalue weighted by Crippen LogP contribution is 2.18. The Morgan fingerprint density at radius 3 is 2.81 bits per heavy atom. The molecule has 94 valence electrons. The Morgan fingerprint density at radius 2 is 2.25 bits per heavy atom. The molecule has 16 heavy (non-hydrogen) atoms. The van der Waals surface area contributed by atoms with Crippen molar-refractivity contribution in [1.29, 1.82) is 0 Å². The fourth-order valence-corrected chi connectivity index (χ4v) is 2.20. The van der Waals surface area contributed by atoms with Crippen molar-refractivity contribution in [3.8, 4) is 0 Å². The third kappa shape index (κ3) is 5.08. The van der Waals surface area contributed by atoms with Crippen LogP contribution in [0.4, 0.5) is 0 Å². The molecule has 1 rings (SSSR count). The van der Waals surface area contributed by atoms with Crippen LogP contribution >= 0.6 is 0 Å². The molecule has 0 spiro atoms. The van der Waals surface area contributed by atoms with Gasteiger partial charge in [-0.15, -0.1) is 0 Å². The standard InChI is InChI=1S/C13H25NO2/c1-10(2)9-12(14)13(15)7-3-5-11-6-4-8-16-11/h10-12H,3-9,14H2,1-2H3. The molecule has 2 atom stereocenters. The highest BCUT2D eigenvalue weighted by atomic mass is 16.5. The second-order valence-corrected chi connectivity index (χ2v) is 5.23. The van der Waals surface area contributed by atoms with Crippen LogP contribution in [0.25, 0.3) is 0 Å². The van der Waals surface area contributed by atoms with E-state index in [9.17, 15) is 4.79 Å². The smallest absolute Gasteiger partial charge is 0.149 e. The zero-order valence-electron chi connectivity index (χ0n) is 10.6. The molecular formula is C13H25NO2. The van der Waals surface area contributed by atoms with Crippen LogP contribution in [0.3, 0.4) is 0 Å². The van der Waals surface area contributed by atoms with Gasteiger partial charge < -0.3 is 10.5 Å². The van der Waals surface area contributed by atoms with E-state index in [1.54, 1.807) is 0 Å². The number of hydrogen-bond donors (Lipinski definition) is 1. The van der Waals surface area contributed by atoms with Crippen molar-refractivity contribution in [1.82, 2.24) is 0 Å². The molecule has 0 radical (unpaired) electrons. The first-order valence-electron chi connectivity index (χ1n) is 6.49. The summed E-state index contributed by atoms with van der Waals surface area (Å²) in [5.74, 6) is 0.712. The van der Waals surface area contributed by atoms with Crippen molar-refractivity contribution >= 4 is 5.78 Å². The van der Waals surface area contributed by atoms with E-state index < -0.39 is 0 Å². The zero-order chi connectivity index (χ0) is 12.0. The fourth-order valence-electron chi connectivity index (χ4n) is 2.20. The summed E-state index contributed by atoms with van der Waals surface area (Å²) in [7, 11) is 0. The van der Waals surface area contributed by atoms with Gasteiger partial charge in [-0.25, -0.2) is 0 Å². The lowest BCUT2D eigenvalue weighted by atomic mass is 9.97. The van der Waals surface area contributed by atoms with Gasteiger partial charge in [0.15, 0.2) is 0 Å². The van der Waals surface area contributed by atoms with Gasteiger partial charge in [-0.2, -0.15) is 0 Å². The van der Waals surface area contributed by atoms with Crippen LogP contribution in [0.1, 0.15) is 52.4 Å². The van der Waals surface area contributed by atoms with E-state index in [0.29, 0.717) is 18.4 Å². The first-order chi connectivity index (χ1) is 7.59. The van der Waals surface area contributed by atoms with Gasteiger partial charge in [0.25, 0.3) is 0 Å². The van der Waals surface area contributed by atoms with Crippen LogP contribution in [0.5, 0.6) is 0 Å². The predicted molar refractivity (Wildman–Crippen MR) is 65.3 cm³/mol. The van der Waals surface area contributed by atoms with Crippen molar-refractivity contribution in [2.24, 2.45) is 11.7 Å². The van der Waals surface area contributed by atoms with Crippen LogP contribution in [0.15, 0.2) is 0 Å². The van der Waals surface area contributed by atoms with Gasteiger partial charge in [-0.3, -0.25) is 4.79 Å². The summed E-state index contributed by atoms with van der Waals surface area (Å²) in [5.41, 5.74) is 5.83. The minimum Gasteiger partial charge on any atom is -0.378 e. The van der Waals surface area contributed by atoms with Gasteiger partial charge in [0, 0.05) is 13.0 Å². The molecular weight excluding hydrogens is 202 g/mol. The monoisotopic (exact) mass is 227 g/mol. The number of rotatable bonds is 7. The largest absolute Gasteiger partial charge is 0.378 e. The number of carbonyl (C=O) groups excluding carboxylic acids is 1. The summed E-state index contributed by atoms with van der Waals surface area (Å²) in [6.45, 7) is 5.09. The van der Waals surface area contributed by atoms with E-state index in [0.717, 1.165) is 32.3 Å². The molecule has 0 aromatic rings. The molecule has 3 heteroatoms. The maximum Gasteiger partial charge on any atom is 0.149 e. The molecule has 0 aliphatic carbocycles. The molecule has 1 aliphatic heterocycles. The summed E-state index contributed by atoms with van der Waals surface area (Å²) < 4.78 is 5.52. The zero-order valence-corrected chi connectivity index (χ0v) is 10.6. The molecule has 0 amide bonds. The summed E-state index contributed by atoms with van der Waals surface area (Å²) in [6, 6.07) is -0.260. The molecule has 3 nitrogen and oxygen atoms in total. The van der Waals surface area contributed by atoms with Crippen molar-refractivity contribution in [3.05, 3.63) is 0 Å². The average molecular weight is 227 g/mol. The molecule has 1 aliphatic rings. The lowest BCUT2D eigenvalue weighted by Gasteiger charge is -2.13. The molecule has 1 heterocycles. The second-order valence-electron chi connectivity index (χ2n) is 5.23. The molecule has 0 aromatic carbocycles. The van der Waals surface area contributed by atoms with Gasteiger partial charge in [0.2, 0.25) is 0 Å². The second kappa shape index (κ2) is 7.02. The number of hydrogen-bond acceptors (Lipinski definition) is 3. The van der Waals surface area contributed by atoms with Crippen molar-refractivity contribution in [2.45, 2.75) is 64.5 Å². The quantitative estimate of drug-likeness (QED) is 0.726. The van der Waals surface area contributed by atoms with Crippen LogP contribution in [-0.4, -0.2) is 24.5 Å². The molecule has 1 fully saturated rings. The van der Waals surface area contributed by atoms with Crippen LogP contribution in [-0.2, 0) is 9.53 Å². The Kier molecular flexibility index (Phi) is 5.99. The fraction of sp³-hybridized carbons (Fsp3) is 0.923. The number of ether oxygens (including phenoxy) is 1. The van der Waals surface area contributed by atoms with E-state index in [4.69, 9.17) is 10.5 Å². The topological polar surface area (TPSA) is 52.3 Å². The SMILES string of the molecule is CC(C)CC(N)C(=O)CCCC1CCCO1. The number of carbonyl (C=O) groups is 1. The molecule has 2 unspecified atom stereocenters. The maximum atomic E-state index is 11.7. The van der Waals surface area contributed by atoms with Crippen molar-refractivity contribution in [3.63, 3.8) is 0 Å². The number of Topliss-reactive ketones (excluding diaryl/α,β-unsaturated/α-hetero) is 1. The van der Waals surface area contributed by atoms with E-state index in [2.05, 4.69) is 13.8 Å². The first-order valence-corrected chi connectivity index (χ1v) is 6.49. The average Bonchev–Trinajstić information content (AvgIpc) is 2.69. The molecule has 0 aromatic heterocycles. The Bertz CT molecular complexity index is 210. The van der Waals surface area contributed by atoms with Gasteiger partial charge in [-0.1, -0.05) is 13.8 Å². The van der Waals surface area contributed by atoms with Crippen LogP contribution in [0.2, 0.25) is 0 Å². The molecule has 1 saturated heterocycles. The summed E-state index contributed by atoms with van der Waals surface area (Å²) >= 11 is 0. The summed E-state index contributed by atoms with van der Waals surface area (Å²) in [4.78, 5) is 11.7. The Morgan fingerprint density at radius 1 is 1.50 bits per heavy atom.